The van der Waals surface area contributed by atoms with Gasteiger partial charge in [-0.15, -0.1) is 0 Å². The fourth-order valence-corrected chi connectivity index (χ4v) is 1.66. The number of rotatable bonds is 3. The Morgan fingerprint density at radius 2 is 2.22 bits per heavy atom. The highest BCUT2D eigenvalue weighted by molar-refractivity contribution is 6.30. The maximum Gasteiger partial charge on any atom is 0.252 e. The van der Waals surface area contributed by atoms with Gasteiger partial charge in [0, 0.05) is 16.8 Å². The maximum atomic E-state index is 11.4. The minimum absolute atomic E-state index is 0.0314. The van der Waals surface area contributed by atoms with Gasteiger partial charge in [0.05, 0.1) is 5.69 Å². The molecule has 1 aromatic heterocycles. The second-order valence-corrected chi connectivity index (χ2v) is 4.16. The first-order valence-corrected chi connectivity index (χ1v) is 5.82. The van der Waals surface area contributed by atoms with Gasteiger partial charge in [0.2, 0.25) is 5.95 Å². The Kier molecular flexibility index (Phi) is 3.53. The highest BCUT2D eigenvalue weighted by atomic mass is 35.5. The van der Waals surface area contributed by atoms with E-state index in [0.717, 1.165) is 0 Å². The summed E-state index contributed by atoms with van der Waals surface area (Å²) in [6, 6.07) is 6.02. The molecule has 18 heavy (non-hydrogen) atoms. The summed E-state index contributed by atoms with van der Waals surface area (Å²) in [5.74, 6) is 0.306. The number of aromatic amines is 1. The lowest BCUT2D eigenvalue weighted by Gasteiger charge is -2.08. The summed E-state index contributed by atoms with van der Waals surface area (Å²) in [7, 11) is 0. The fraction of sp³-hybridized carbons (Fsp3) is 0.167. The zero-order valence-electron chi connectivity index (χ0n) is 9.70. The highest BCUT2D eigenvalue weighted by Crippen LogP contribution is 2.28. The molecule has 0 saturated heterocycles. The molecule has 0 aliphatic heterocycles. The van der Waals surface area contributed by atoms with Crippen molar-refractivity contribution in [2.45, 2.75) is 13.3 Å². The van der Waals surface area contributed by atoms with E-state index in [2.05, 4.69) is 15.3 Å². The van der Waals surface area contributed by atoms with Crippen molar-refractivity contribution in [3.63, 3.8) is 0 Å². The van der Waals surface area contributed by atoms with Crippen LogP contribution in [0.25, 0.3) is 0 Å². The van der Waals surface area contributed by atoms with Crippen molar-refractivity contribution in [2.75, 3.05) is 5.32 Å². The number of aromatic nitrogens is 2. The van der Waals surface area contributed by atoms with Crippen molar-refractivity contribution in [3.05, 3.63) is 45.3 Å². The summed E-state index contributed by atoms with van der Waals surface area (Å²) in [5.41, 5.74) is 0.813. The van der Waals surface area contributed by atoms with Gasteiger partial charge in [-0.2, -0.15) is 0 Å². The molecule has 5 nitrogen and oxygen atoms in total. The number of anilines is 2. The van der Waals surface area contributed by atoms with Gasteiger partial charge in [-0.1, -0.05) is 18.5 Å². The molecule has 0 spiro atoms. The summed E-state index contributed by atoms with van der Waals surface area (Å²) in [5, 5.41) is 13.0. The lowest BCUT2D eigenvalue weighted by molar-refractivity contribution is 0.477. The molecule has 2 rings (SSSR count). The van der Waals surface area contributed by atoms with Gasteiger partial charge in [0.15, 0.2) is 0 Å². The number of halogens is 1. The number of phenols is 1. The first-order valence-electron chi connectivity index (χ1n) is 5.44. The molecule has 0 unspecified atom stereocenters. The molecule has 2 aromatic rings. The summed E-state index contributed by atoms with van der Waals surface area (Å²) >= 11 is 5.83. The van der Waals surface area contributed by atoms with Gasteiger partial charge in [-0.05, 0) is 24.6 Å². The number of phenolic OH excluding ortho intramolecular Hbond substituents is 1. The van der Waals surface area contributed by atoms with Gasteiger partial charge < -0.3 is 10.4 Å². The summed E-state index contributed by atoms with van der Waals surface area (Å²) in [6.07, 6.45) is 0.653. The van der Waals surface area contributed by atoms with Gasteiger partial charge in [0.1, 0.15) is 5.75 Å². The normalized spacial score (nSPS) is 10.3. The SMILES string of the molecule is CCc1cc(=O)[nH]c(Nc2cc(Cl)ccc2O)n1. The van der Waals surface area contributed by atoms with Crippen LogP contribution in [0.15, 0.2) is 29.1 Å². The average molecular weight is 266 g/mol. The summed E-state index contributed by atoms with van der Waals surface area (Å²) in [6.45, 7) is 1.91. The highest BCUT2D eigenvalue weighted by Gasteiger charge is 2.05. The minimum Gasteiger partial charge on any atom is -0.506 e. The Labute approximate surface area is 108 Å². The summed E-state index contributed by atoms with van der Waals surface area (Å²) < 4.78 is 0. The maximum absolute atomic E-state index is 11.4. The van der Waals surface area contributed by atoms with Crippen molar-refractivity contribution in [1.29, 1.82) is 0 Å². The largest absolute Gasteiger partial charge is 0.506 e. The zero-order chi connectivity index (χ0) is 13.1. The molecule has 0 saturated carbocycles. The average Bonchev–Trinajstić information content (AvgIpc) is 2.33. The number of aromatic hydroxyl groups is 1. The van der Waals surface area contributed by atoms with Crippen LogP contribution < -0.4 is 10.9 Å². The fourth-order valence-electron chi connectivity index (χ4n) is 1.48. The van der Waals surface area contributed by atoms with Crippen molar-refractivity contribution >= 4 is 23.2 Å². The van der Waals surface area contributed by atoms with E-state index in [9.17, 15) is 9.90 Å². The molecule has 94 valence electrons. The molecule has 0 aliphatic rings. The lowest BCUT2D eigenvalue weighted by Crippen LogP contribution is -2.11. The first-order chi connectivity index (χ1) is 8.58. The van der Waals surface area contributed by atoms with Crippen LogP contribution in [0.2, 0.25) is 5.02 Å². The van der Waals surface area contributed by atoms with Crippen LogP contribution in [0, 0.1) is 0 Å². The minimum atomic E-state index is -0.245. The van der Waals surface area contributed by atoms with Crippen molar-refractivity contribution in [2.24, 2.45) is 0 Å². The van der Waals surface area contributed by atoms with Crippen molar-refractivity contribution in [1.82, 2.24) is 9.97 Å². The third-order valence-corrected chi connectivity index (χ3v) is 2.60. The van der Waals surface area contributed by atoms with Gasteiger partial charge in [-0.3, -0.25) is 9.78 Å². The Hall–Kier alpha value is -2.01. The van der Waals surface area contributed by atoms with Crippen molar-refractivity contribution < 1.29 is 5.11 Å². The molecule has 1 heterocycles. The van der Waals surface area contributed by atoms with Gasteiger partial charge in [0.25, 0.3) is 5.56 Å². The third kappa shape index (κ3) is 2.81. The molecule has 0 fully saturated rings. The standard InChI is InChI=1S/C12H12ClN3O2/c1-2-8-6-11(18)16-12(14-8)15-9-5-7(13)3-4-10(9)17/h3-6,17H,2H2,1H3,(H2,14,15,16,18). The molecule has 0 radical (unpaired) electrons. The van der Waals surface area contributed by atoms with E-state index in [1.54, 1.807) is 12.1 Å². The Morgan fingerprint density at radius 3 is 2.94 bits per heavy atom. The number of hydrogen-bond acceptors (Lipinski definition) is 4. The number of benzene rings is 1. The quantitative estimate of drug-likeness (QED) is 0.745. The molecule has 1 aromatic carbocycles. The van der Waals surface area contributed by atoms with Crippen LogP contribution in [0.5, 0.6) is 5.75 Å². The second kappa shape index (κ2) is 5.10. The van der Waals surface area contributed by atoms with E-state index in [1.807, 2.05) is 6.92 Å². The van der Waals surface area contributed by atoms with Crippen molar-refractivity contribution in [3.8, 4) is 5.75 Å². The molecule has 6 heteroatoms. The number of nitrogens with one attached hydrogen (secondary N) is 2. The lowest BCUT2D eigenvalue weighted by atomic mass is 10.3. The Bertz CT molecular complexity index is 625. The predicted octanol–water partition coefficient (Wildman–Crippen LogP) is 2.43. The molecule has 3 N–H and O–H groups in total. The predicted molar refractivity (Wildman–Crippen MR) is 70.6 cm³/mol. The van der Waals surface area contributed by atoms with E-state index in [0.29, 0.717) is 22.8 Å². The number of nitrogens with zero attached hydrogens (tertiary/aromatic N) is 1. The molecule has 0 amide bonds. The topological polar surface area (TPSA) is 78.0 Å². The third-order valence-electron chi connectivity index (χ3n) is 2.37. The molecular weight excluding hydrogens is 254 g/mol. The molecular formula is C12H12ClN3O2. The van der Waals surface area contributed by atoms with E-state index < -0.39 is 0 Å². The summed E-state index contributed by atoms with van der Waals surface area (Å²) in [4.78, 5) is 18.1. The first kappa shape index (κ1) is 12.4. The van der Waals surface area contributed by atoms with E-state index in [1.165, 1.54) is 12.1 Å². The number of hydrogen-bond donors (Lipinski definition) is 3. The zero-order valence-corrected chi connectivity index (χ0v) is 10.5. The van der Waals surface area contributed by atoms with Gasteiger partial charge >= 0.3 is 0 Å². The molecule has 0 bridgehead atoms. The monoisotopic (exact) mass is 265 g/mol. The smallest absolute Gasteiger partial charge is 0.252 e. The van der Waals surface area contributed by atoms with Crippen LogP contribution in [-0.4, -0.2) is 15.1 Å². The van der Waals surface area contributed by atoms with Gasteiger partial charge in [-0.25, -0.2) is 4.98 Å². The Morgan fingerprint density at radius 1 is 1.44 bits per heavy atom. The van der Waals surface area contributed by atoms with Crippen LogP contribution in [0.1, 0.15) is 12.6 Å². The number of H-pyrrole nitrogens is 1. The molecule has 0 aliphatic carbocycles. The van der Waals surface area contributed by atoms with E-state index >= 15 is 0 Å². The van der Waals surface area contributed by atoms with E-state index in [-0.39, 0.29) is 17.3 Å². The Balaban J connectivity index is 2.36. The second-order valence-electron chi connectivity index (χ2n) is 3.73. The van der Waals surface area contributed by atoms with Crippen LogP contribution in [0.4, 0.5) is 11.6 Å². The van der Waals surface area contributed by atoms with E-state index in [4.69, 9.17) is 11.6 Å². The van der Waals surface area contributed by atoms with Crippen LogP contribution >= 0.6 is 11.6 Å². The van der Waals surface area contributed by atoms with Crippen LogP contribution in [-0.2, 0) is 6.42 Å². The van der Waals surface area contributed by atoms with Crippen LogP contribution in [0.3, 0.4) is 0 Å². The number of aryl methyl sites for hydroxylation is 1. The molecule has 0 atom stereocenters.